The van der Waals surface area contributed by atoms with E-state index >= 15 is 0 Å². The third-order valence-electron chi connectivity index (χ3n) is 4.75. The van der Waals surface area contributed by atoms with Crippen LogP contribution in [-0.4, -0.2) is 60.4 Å². The molecule has 0 radical (unpaired) electrons. The first-order valence-electron chi connectivity index (χ1n) is 8.27. The number of benzene rings is 1. The van der Waals surface area contributed by atoms with E-state index in [1.54, 1.807) is 24.3 Å². The van der Waals surface area contributed by atoms with Gasteiger partial charge < -0.3 is 9.80 Å². The predicted molar refractivity (Wildman–Crippen MR) is 92.7 cm³/mol. The second-order valence-corrected chi connectivity index (χ2v) is 7.21. The van der Waals surface area contributed by atoms with Gasteiger partial charge >= 0.3 is 0 Å². The van der Waals surface area contributed by atoms with Crippen molar-refractivity contribution in [3.63, 3.8) is 0 Å². The molecular weight excluding hydrogens is 338 g/mol. The summed E-state index contributed by atoms with van der Waals surface area (Å²) in [5, 5.41) is 1.90. The molecule has 1 aromatic carbocycles. The van der Waals surface area contributed by atoms with E-state index in [9.17, 15) is 14.4 Å². The fraction of sp³-hybridized carbons (Fsp3) is 0.278. The second kappa shape index (κ2) is 6.42. The van der Waals surface area contributed by atoms with Gasteiger partial charge in [0.2, 0.25) is 0 Å². The van der Waals surface area contributed by atoms with Gasteiger partial charge in [-0.05, 0) is 23.6 Å². The van der Waals surface area contributed by atoms with E-state index in [4.69, 9.17) is 0 Å². The molecule has 6 nitrogen and oxygen atoms in total. The van der Waals surface area contributed by atoms with Gasteiger partial charge in [0.05, 0.1) is 42.2 Å². The van der Waals surface area contributed by atoms with E-state index in [1.807, 2.05) is 22.4 Å². The van der Waals surface area contributed by atoms with Crippen molar-refractivity contribution in [2.24, 2.45) is 0 Å². The summed E-state index contributed by atoms with van der Waals surface area (Å²) in [6.45, 7) is 3.08. The molecule has 0 unspecified atom stereocenters. The number of amides is 3. The Hall–Kier alpha value is -2.51. The van der Waals surface area contributed by atoms with Crippen LogP contribution in [0.5, 0.6) is 0 Å². The molecule has 3 heterocycles. The maximum Gasteiger partial charge on any atom is 0.265 e. The fourth-order valence-electron chi connectivity index (χ4n) is 3.35. The SMILES string of the molecule is O=C(c1cccs1)N1CC[NH+](CN2C(=O)c3ccccc3C2=O)CC1. The zero-order chi connectivity index (χ0) is 17.4. The first-order chi connectivity index (χ1) is 12.1. The zero-order valence-corrected chi connectivity index (χ0v) is 14.4. The van der Waals surface area contributed by atoms with Gasteiger partial charge in [-0.15, -0.1) is 11.3 Å². The number of nitrogens with zero attached hydrogens (tertiary/aromatic N) is 2. The van der Waals surface area contributed by atoms with Crippen molar-refractivity contribution in [1.82, 2.24) is 9.80 Å². The molecule has 1 fully saturated rings. The maximum atomic E-state index is 12.4. The molecule has 4 rings (SSSR count). The highest BCUT2D eigenvalue weighted by atomic mass is 32.1. The van der Waals surface area contributed by atoms with E-state index in [2.05, 4.69) is 0 Å². The summed E-state index contributed by atoms with van der Waals surface area (Å²) in [5.41, 5.74) is 0.969. The Bertz CT molecular complexity index is 791. The number of hydrogen-bond donors (Lipinski definition) is 1. The van der Waals surface area contributed by atoms with Crippen molar-refractivity contribution in [3.05, 3.63) is 57.8 Å². The molecule has 0 aliphatic carbocycles. The highest BCUT2D eigenvalue weighted by Gasteiger charge is 2.38. The van der Waals surface area contributed by atoms with Crippen LogP contribution in [0.15, 0.2) is 41.8 Å². The summed E-state index contributed by atoms with van der Waals surface area (Å²) in [7, 11) is 0. The molecule has 0 spiro atoms. The number of nitrogens with one attached hydrogen (secondary N) is 1. The molecule has 1 saturated heterocycles. The molecule has 25 heavy (non-hydrogen) atoms. The Kier molecular flexibility index (Phi) is 4.10. The summed E-state index contributed by atoms with van der Waals surface area (Å²) in [6, 6.07) is 10.7. The third kappa shape index (κ3) is 2.85. The summed E-state index contributed by atoms with van der Waals surface area (Å²) in [4.78, 5) is 42.3. The number of thiophene rings is 1. The Morgan fingerprint density at radius 1 is 1.00 bits per heavy atom. The lowest BCUT2D eigenvalue weighted by atomic mass is 10.1. The summed E-state index contributed by atoms with van der Waals surface area (Å²) < 4.78 is 0. The van der Waals surface area contributed by atoms with Gasteiger partial charge in [0.15, 0.2) is 6.67 Å². The van der Waals surface area contributed by atoms with Gasteiger partial charge in [-0.1, -0.05) is 18.2 Å². The number of imide groups is 1. The average molecular weight is 356 g/mol. The van der Waals surface area contributed by atoms with Gasteiger partial charge in [0.25, 0.3) is 17.7 Å². The second-order valence-electron chi connectivity index (χ2n) is 6.26. The van der Waals surface area contributed by atoms with Crippen molar-refractivity contribution in [2.45, 2.75) is 0 Å². The number of carbonyl (C=O) groups excluding carboxylic acids is 3. The number of fused-ring (bicyclic) bond motifs is 1. The summed E-state index contributed by atoms with van der Waals surface area (Å²) >= 11 is 1.45. The van der Waals surface area contributed by atoms with Gasteiger partial charge in [-0.25, -0.2) is 4.90 Å². The molecule has 3 amide bonds. The van der Waals surface area contributed by atoms with E-state index < -0.39 is 0 Å². The summed E-state index contributed by atoms with van der Waals surface area (Å²) in [5.74, 6) is -0.370. The van der Waals surface area contributed by atoms with E-state index in [0.717, 1.165) is 22.9 Å². The standard InChI is InChI=1S/C18H17N3O3S/c22-16-13-4-1-2-5-14(13)17(23)21(16)12-19-7-9-20(10-8-19)18(24)15-6-3-11-25-15/h1-6,11H,7-10,12H2/p+1. The topological polar surface area (TPSA) is 62.1 Å². The molecule has 2 aromatic rings. The molecule has 2 aliphatic rings. The smallest absolute Gasteiger partial charge is 0.265 e. The van der Waals surface area contributed by atoms with Gasteiger partial charge in [0, 0.05) is 0 Å². The van der Waals surface area contributed by atoms with Crippen LogP contribution in [0.3, 0.4) is 0 Å². The van der Waals surface area contributed by atoms with Gasteiger partial charge in [-0.2, -0.15) is 0 Å². The molecule has 7 heteroatoms. The lowest BCUT2D eigenvalue weighted by Gasteiger charge is -2.33. The van der Waals surface area contributed by atoms with Crippen LogP contribution >= 0.6 is 11.3 Å². The lowest BCUT2D eigenvalue weighted by Crippen LogP contribution is -3.16. The van der Waals surface area contributed by atoms with E-state index in [1.165, 1.54) is 16.2 Å². The van der Waals surface area contributed by atoms with Crippen LogP contribution in [0.1, 0.15) is 30.4 Å². The number of quaternary nitrogens is 1. The Morgan fingerprint density at radius 2 is 1.64 bits per heavy atom. The molecule has 128 valence electrons. The minimum absolute atomic E-state index is 0.0646. The maximum absolute atomic E-state index is 12.4. The van der Waals surface area contributed by atoms with Crippen LogP contribution in [0.25, 0.3) is 0 Å². The normalized spacial score (nSPS) is 17.9. The Labute approximate surface area is 149 Å². The number of carbonyl (C=O) groups is 3. The van der Waals surface area contributed by atoms with Crippen LogP contribution < -0.4 is 4.90 Å². The predicted octanol–water partition coefficient (Wildman–Crippen LogP) is 0.343. The molecule has 0 saturated carbocycles. The molecule has 0 atom stereocenters. The minimum Gasteiger partial charge on any atom is -0.327 e. The highest BCUT2D eigenvalue weighted by Crippen LogP contribution is 2.21. The lowest BCUT2D eigenvalue weighted by molar-refractivity contribution is -0.911. The van der Waals surface area contributed by atoms with Crippen molar-refractivity contribution < 1.29 is 19.3 Å². The fourth-order valence-corrected chi connectivity index (χ4v) is 4.04. The number of hydrogen-bond acceptors (Lipinski definition) is 4. The monoisotopic (exact) mass is 356 g/mol. The number of rotatable bonds is 3. The first-order valence-corrected chi connectivity index (χ1v) is 9.14. The minimum atomic E-state index is -0.217. The zero-order valence-electron chi connectivity index (χ0n) is 13.6. The molecule has 1 N–H and O–H groups in total. The van der Waals surface area contributed by atoms with Crippen LogP contribution in [0.2, 0.25) is 0 Å². The Morgan fingerprint density at radius 3 is 2.20 bits per heavy atom. The largest absolute Gasteiger partial charge is 0.327 e. The highest BCUT2D eigenvalue weighted by molar-refractivity contribution is 7.12. The molecule has 0 bridgehead atoms. The van der Waals surface area contributed by atoms with Crippen molar-refractivity contribution in [1.29, 1.82) is 0 Å². The van der Waals surface area contributed by atoms with E-state index in [-0.39, 0.29) is 17.7 Å². The van der Waals surface area contributed by atoms with Gasteiger partial charge in [0.1, 0.15) is 0 Å². The summed E-state index contributed by atoms with van der Waals surface area (Å²) in [6.07, 6.45) is 0. The Balaban J connectivity index is 1.37. The molecular formula is C18H18N3O3S+. The van der Waals surface area contributed by atoms with Crippen molar-refractivity contribution >= 4 is 29.1 Å². The first kappa shape index (κ1) is 16.0. The van der Waals surface area contributed by atoms with Crippen LogP contribution in [0.4, 0.5) is 0 Å². The molecule has 2 aliphatic heterocycles. The third-order valence-corrected chi connectivity index (χ3v) is 5.61. The van der Waals surface area contributed by atoms with E-state index in [0.29, 0.717) is 30.9 Å². The van der Waals surface area contributed by atoms with Crippen molar-refractivity contribution in [3.8, 4) is 0 Å². The van der Waals surface area contributed by atoms with Crippen LogP contribution in [0, 0.1) is 0 Å². The van der Waals surface area contributed by atoms with Crippen molar-refractivity contribution in [2.75, 3.05) is 32.8 Å². The number of piperazine rings is 1. The quantitative estimate of drug-likeness (QED) is 0.807. The van der Waals surface area contributed by atoms with Gasteiger partial charge in [-0.3, -0.25) is 14.4 Å². The van der Waals surface area contributed by atoms with Crippen LogP contribution in [-0.2, 0) is 0 Å². The molecule has 1 aromatic heterocycles. The average Bonchev–Trinajstić information content (AvgIpc) is 3.26.